The number of carbonyl (C=O) groups excluding carboxylic acids is 2. The number of benzene rings is 2. The molecular weight excluding hydrogens is 712 g/mol. The van der Waals surface area contributed by atoms with E-state index in [1.165, 1.54) is 6.08 Å². The fourth-order valence-corrected chi connectivity index (χ4v) is 5.90. The Bertz CT molecular complexity index is 1050. The zero-order chi connectivity index (χ0) is 26.0. The molecule has 0 atom stereocenters. The van der Waals surface area contributed by atoms with Crippen LogP contribution in [0, 0.1) is 0 Å². The van der Waals surface area contributed by atoms with Gasteiger partial charge in [0.15, 0.2) is 0 Å². The molecular formula is C25H28Br4N2O4. The summed E-state index contributed by atoms with van der Waals surface area (Å²) in [6, 6.07) is 7.73. The predicted molar refractivity (Wildman–Crippen MR) is 154 cm³/mol. The number of ether oxygens (including phenoxy) is 2. The van der Waals surface area contributed by atoms with Crippen LogP contribution in [-0.2, 0) is 16.0 Å². The van der Waals surface area contributed by atoms with Gasteiger partial charge in [0.2, 0.25) is 11.8 Å². The van der Waals surface area contributed by atoms with Crippen molar-refractivity contribution in [2.45, 2.75) is 26.2 Å². The number of hydrogen-bond donors (Lipinski definition) is 1. The van der Waals surface area contributed by atoms with Gasteiger partial charge in [-0.05, 0) is 102 Å². The zero-order valence-electron chi connectivity index (χ0n) is 19.8. The SMILES string of the molecule is CCC(=O)N(C)CCc1cc(Br)c(OCCCNC(=O)/C=C/c2cc(OC)c(Br)cc2Br)c(Br)c1. The molecule has 0 fully saturated rings. The fourth-order valence-electron chi connectivity index (χ4n) is 3.10. The van der Waals surface area contributed by atoms with Crippen LogP contribution >= 0.6 is 63.7 Å². The first-order chi connectivity index (χ1) is 16.7. The quantitative estimate of drug-likeness (QED) is 0.193. The molecule has 0 aliphatic carbocycles. The van der Waals surface area contributed by atoms with Crippen molar-refractivity contribution in [1.82, 2.24) is 10.2 Å². The van der Waals surface area contributed by atoms with Gasteiger partial charge in [0, 0.05) is 37.1 Å². The lowest BCUT2D eigenvalue weighted by molar-refractivity contribution is -0.129. The first-order valence-corrected chi connectivity index (χ1v) is 14.2. The van der Waals surface area contributed by atoms with Crippen LogP contribution in [0.3, 0.4) is 0 Å². The molecule has 0 aliphatic heterocycles. The molecule has 0 unspecified atom stereocenters. The van der Waals surface area contributed by atoms with E-state index < -0.39 is 0 Å². The summed E-state index contributed by atoms with van der Waals surface area (Å²) in [7, 11) is 3.41. The van der Waals surface area contributed by atoms with E-state index in [2.05, 4.69) is 69.0 Å². The van der Waals surface area contributed by atoms with E-state index in [0.717, 1.165) is 35.4 Å². The van der Waals surface area contributed by atoms with Gasteiger partial charge in [0.25, 0.3) is 0 Å². The Morgan fingerprint density at radius 1 is 1.03 bits per heavy atom. The van der Waals surface area contributed by atoms with E-state index in [4.69, 9.17) is 9.47 Å². The predicted octanol–water partition coefficient (Wildman–Crippen LogP) is 6.75. The van der Waals surface area contributed by atoms with Crippen LogP contribution in [0.1, 0.15) is 30.9 Å². The van der Waals surface area contributed by atoms with Crippen LogP contribution in [-0.4, -0.2) is 50.6 Å². The molecule has 2 rings (SSSR count). The van der Waals surface area contributed by atoms with E-state index in [1.807, 2.05) is 38.2 Å². The molecule has 2 aromatic rings. The number of halogens is 4. The van der Waals surface area contributed by atoms with Gasteiger partial charge in [-0.15, -0.1) is 0 Å². The van der Waals surface area contributed by atoms with Gasteiger partial charge in [0.1, 0.15) is 11.5 Å². The first kappa shape index (κ1) is 29.9. The number of amides is 2. The Morgan fingerprint density at radius 3 is 2.34 bits per heavy atom. The average molecular weight is 740 g/mol. The summed E-state index contributed by atoms with van der Waals surface area (Å²) < 4.78 is 14.6. The maximum absolute atomic E-state index is 12.2. The Balaban J connectivity index is 1.80. The Morgan fingerprint density at radius 2 is 1.71 bits per heavy atom. The third-order valence-corrected chi connectivity index (χ3v) is 7.56. The molecule has 0 saturated carbocycles. The molecule has 35 heavy (non-hydrogen) atoms. The average Bonchev–Trinajstić information content (AvgIpc) is 2.82. The van der Waals surface area contributed by atoms with Gasteiger partial charge in [0.05, 0.1) is 27.1 Å². The Kier molecular flexibility index (Phi) is 12.8. The molecule has 0 bridgehead atoms. The van der Waals surface area contributed by atoms with Crippen molar-refractivity contribution in [1.29, 1.82) is 0 Å². The van der Waals surface area contributed by atoms with Crippen LogP contribution < -0.4 is 14.8 Å². The number of methoxy groups -OCH3 is 1. The fraction of sp³-hybridized carbons (Fsp3) is 0.360. The van der Waals surface area contributed by atoms with Crippen LogP contribution in [0.15, 0.2) is 48.2 Å². The lowest BCUT2D eigenvalue weighted by Gasteiger charge is -2.17. The zero-order valence-corrected chi connectivity index (χ0v) is 26.1. The van der Waals surface area contributed by atoms with Crippen molar-refractivity contribution in [2.75, 3.05) is 33.9 Å². The summed E-state index contributed by atoms with van der Waals surface area (Å²) in [5, 5.41) is 2.86. The molecule has 0 spiro atoms. The summed E-state index contributed by atoms with van der Waals surface area (Å²) >= 11 is 14.1. The van der Waals surface area contributed by atoms with Gasteiger partial charge >= 0.3 is 0 Å². The molecule has 0 aromatic heterocycles. The summed E-state index contributed by atoms with van der Waals surface area (Å²) in [5.41, 5.74) is 1.94. The molecule has 0 heterocycles. The first-order valence-electron chi connectivity index (χ1n) is 11.0. The molecule has 6 nitrogen and oxygen atoms in total. The van der Waals surface area contributed by atoms with Crippen LogP contribution in [0.25, 0.3) is 6.08 Å². The third kappa shape index (κ3) is 9.55. The van der Waals surface area contributed by atoms with Crippen molar-refractivity contribution >= 4 is 81.6 Å². The minimum Gasteiger partial charge on any atom is -0.496 e. The van der Waals surface area contributed by atoms with E-state index in [1.54, 1.807) is 18.1 Å². The summed E-state index contributed by atoms with van der Waals surface area (Å²) in [6.07, 6.45) is 5.14. The molecule has 10 heteroatoms. The van der Waals surface area contributed by atoms with Gasteiger partial charge in [-0.3, -0.25) is 9.59 Å². The Hall–Kier alpha value is -1.36. The van der Waals surface area contributed by atoms with Crippen molar-refractivity contribution in [3.05, 3.63) is 59.4 Å². The van der Waals surface area contributed by atoms with Gasteiger partial charge in [-0.25, -0.2) is 0 Å². The standard InChI is InChI=1S/C25H28Br4N2O4/c1-4-24(33)31(2)10-8-16-12-20(28)25(21(29)13-16)35-11-5-9-30-23(32)7-6-17-14-22(34-3)19(27)15-18(17)26/h6-7,12-15H,4-5,8-11H2,1-3H3,(H,30,32)/b7-6+. The largest absolute Gasteiger partial charge is 0.496 e. The highest BCUT2D eigenvalue weighted by molar-refractivity contribution is 9.11. The highest BCUT2D eigenvalue weighted by atomic mass is 79.9. The molecule has 2 aromatic carbocycles. The smallest absolute Gasteiger partial charge is 0.244 e. The summed E-state index contributed by atoms with van der Waals surface area (Å²) in [6.45, 7) is 3.45. The second kappa shape index (κ2) is 15.0. The monoisotopic (exact) mass is 736 g/mol. The number of hydrogen-bond acceptors (Lipinski definition) is 4. The Labute approximate surface area is 240 Å². The number of nitrogens with one attached hydrogen (secondary N) is 1. The van der Waals surface area contributed by atoms with Gasteiger partial charge in [-0.2, -0.15) is 0 Å². The summed E-state index contributed by atoms with van der Waals surface area (Å²) in [5.74, 6) is 1.35. The number of carbonyl (C=O) groups is 2. The maximum Gasteiger partial charge on any atom is 0.244 e. The van der Waals surface area contributed by atoms with Gasteiger partial charge in [-0.1, -0.05) is 22.9 Å². The van der Waals surface area contributed by atoms with Crippen molar-refractivity contribution in [2.24, 2.45) is 0 Å². The second-order valence-electron chi connectivity index (χ2n) is 7.64. The highest BCUT2D eigenvalue weighted by Gasteiger charge is 2.11. The normalized spacial score (nSPS) is 10.9. The maximum atomic E-state index is 12.2. The van der Waals surface area contributed by atoms with Crippen LogP contribution in [0.5, 0.6) is 11.5 Å². The molecule has 0 saturated heterocycles. The molecule has 0 aliphatic rings. The minimum atomic E-state index is -0.183. The van der Waals surface area contributed by atoms with E-state index in [9.17, 15) is 9.59 Å². The van der Waals surface area contributed by atoms with Crippen LogP contribution in [0.4, 0.5) is 0 Å². The lowest BCUT2D eigenvalue weighted by Crippen LogP contribution is -2.27. The molecule has 0 radical (unpaired) electrons. The number of likely N-dealkylation sites (N-methyl/N-ethyl adjacent to an activating group) is 1. The van der Waals surface area contributed by atoms with E-state index in [-0.39, 0.29) is 11.8 Å². The van der Waals surface area contributed by atoms with Crippen LogP contribution in [0.2, 0.25) is 0 Å². The number of rotatable bonds is 12. The molecule has 190 valence electrons. The molecule has 1 N–H and O–H groups in total. The summed E-state index contributed by atoms with van der Waals surface area (Å²) in [4.78, 5) is 25.6. The number of nitrogens with zero attached hydrogens (tertiary/aromatic N) is 1. The lowest BCUT2D eigenvalue weighted by atomic mass is 10.1. The minimum absolute atomic E-state index is 0.132. The van der Waals surface area contributed by atoms with Crippen molar-refractivity contribution in [3.63, 3.8) is 0 Å². The second-order valence-corrected chi connectivity index (χ2v) is 11.1. The highest BCUT2D eigenvalue weighted by Crippen LogP contribution is 2.35. The van der Waals surface area contributed by atoms with Gasteiger partial charge < -0.3 is 19.7 Å². The van der Waals surface area contributed by atoms with E-state index >= 15 is 0 Å². The topological polar surface area (TPSA) is 67.9 Å². The van der Waals surface area contributed by atoms with Crippen molar-refractivity contribution in [3.8, 4) is 11.5 Å². The van der Waals surface area contributed by atoms with E-state index in [0.29, 0.717) is 44.0 Å². The third-order valence-electron chi connectivity index (χ3n) is 5.07. The molecule has 2 amide bonds. The van der Waals surface area contributed by atoms with Crippen molar-refractivity contribution < 1.29 is 19.1 Å².